The zero-order chi connectivity index (χ0) is 6.69. The molecule has 1 rings (SSSR count). The summed E-state index contributed by atoms with van der Waals surface area (Å²) >= 11 is 0. The average Bonchev–Trinajstić information content (AvgIpc) is 1.78. The lowest BCUT2D eigenvalue weighted by atomic mass is 9.82. The Morgan fingerprint density at radius 1 is 1.67 bits per heavy atom. The molecular weight excluding hydrogens is 119 g/mol. The van der Waals surface area contributed by atoms with E-state index in [0.717, 1.165) is 12.8 Å². The van der Waals surface area contributed by atoms with Gasteiger partial charge in [-0.25, -0.2) is 4.39 Å². The first-order valence-corrected chi connectivity index (χ1v) is 3.42. The molecule has 1 atom stereocenters. The summed E-state index contributed by atoms with van der Waals surface area (Å²) in [6, 6.07) is 0. The van der Waals surface area contributed by atoms with Crippen LogP contribution in [0.3, 0.4) is 0 Å². The smallest absolute Gasteiger partial charge is 0.155 e. The van der Waals surface area contributed by atoms with E-state index >= 15 is 0 Å². The van der Waals surface area contributed by atoms with E-state index in [4.69, 9.17) is 0 Å². The molecule has 1 unspecified atom stereocenters. The molecular formula is C7H11FO. The third-order valence-corrected chi connectivity index (χ3v) is 1.93. The monoisotopic (exact) mass is 130 g/mol. The van der Waals surface area contributed by atoms with Crippen LogP contribution in [0, 0.1) is 5.92 Å². The fourth-order valence-electron chi connectivity index (χ4n) is 1.10. The number of alkyl halides is 1. The quantitative estimate of drug-likeness (QED) is 0.531. The Bertz CT molecular complexity index is 99.1. The molecule has 0 aliphatic heterocycles. The van der Waals surface area contributed by atoms with Crippen LogP contribution in [-0.2, 0) is 4.79 Å². The van der Waals surface area contributed by atoms with Crippen LogP contribution < -0.4 is 0 Å². The lowest BCUT2D eigenvalue weighted by Crippen LogP contribution is -2.17. The van der Waals surface area contributed by atoms with Crippen molar-refractivity contribution in [1.29, 1.82) is 0 Å². The number of carbonyl (C=O) groups excluding carboxylic acids is 1. The first-order chi connectivity index (χ1) is 4.33. The van der Waals surface area contributed by atoms with Crippen molar-refractivity contribution >= 4 is 6.29 Å². The van der Waals surface area contributed by atoms with Gasteiger partial charge in [-0.2, -0.15) is 0 Å². The van der Waals surface area contributed by atoms with Gasteiger partial charge in [-0.15, -0.1) is 0 Å². The third-order valence-electron chi connectivity index (χ3n) is 1.93. The van der Waals surface area contributed by atoms with E-state index in [-0.39, 0.29) is 0 Å². The fourth-order valence-corrected chi connectivity index (χ4v) is 1.10. The summed E-state index contributed by atoms with van der Waals surface area (Å²) in [5.41, 5.74) is 0. The van der Waals surface area contributed by atoms with E-state index in [1.165, 1.54) is 6.42 Å². The largest absolute Gasteiger partial charge is 0.300 e. The van der Waals surface area contributed by atoms with Crippen molar-refractivity contribution in [3.05, 3.63) is 0 Å². The van der Waals surface area contributed by atoms with Crippen LogP contribution in [0.1, 0.15) is 25.7 Å². The zero-order valence-electron chi connectivity index (χ0n) is 5.35. The molecule has 1 saturated carbocycles. The zero-order valence-corrected chi connectivity index (χ0v) is 5.35. The van der Waals surface area contributed by atoms with Crippen LogP contribution in [0.25, 0.3) is 0 Å². The molecule has 1 fully saturated rings. The maximum Gasteiger partial charge on any atom is 0.155 e. The van der Waals surface area contributed by atoms with Gasteiger partial charge >= 0.3 is 0 Å². The maximum absolute atomic E-state index is 12.2. The van der Waals surface area contributed by atoms with Gasteiger partial charge in [0.05, 0.1) is 0 Å². The highest BCUT2D eigenvalue weighted by molar-refractivity contribution is 5.55. The Morgan fingerprint density at radius 3 is 2.67 bits per heavy atom. The van der Waals surface area contributed by atoms with Crippen LogP contribution in [0.4, 0.5) is 4.39 Å². The van der Waals surface area contributed by atoms with Gasteiger partial charge in [0.1, 0.15) is 0 Å². The summed E-state index contributed by atoms with van der Waals surface area (Å²) < 4.78 is 12.2. The number of rotatable bonds is 3. The average molecular weight is 130 g/mol. The SMILES string of the molecule is O=CC(F)CC1CCC1. The van der Waals surface area contributed by atoms with Crippen molar-refractivity contribution in [2.24, 2.45) is 5.92 Å². The highest BCUT2D eigenvalue weighted by atomic mass is 19.1. The summed E-state index contributed by atoms with van der Waals surface area (Å²) in [5, 5.41) is 0. The van der Waals surface area contributed by atoms with Crippen molar-refractivity contribution < 1.29 is 9.18 Å². The predicted octanol–water partition coefficient (Wildman–Crippen LogP) is 1.71. The normalized spacial score (nSPS) is 22.8. The van der Waals surface area contributed by atoms with E-state index < -0.39 is 6.17 Å². The van der Waals surface area contributed by atoms with E-state index in [2.05, 4.69) is 0 Å². The van der Waals surface area contributed by atoms with Gasteiger partial charge in [0.2, 0.25) is 0 Å². The standard InChI is InChI=1S/C7H11FO/c8-7(5-9)4-6-2-1-3-6/h5-7H,1-4H2. The van der Waals surface area contributed by atoms with Crippen molar-refractivity contribution in [3.8, 4) is 0 Å². The minimum Gasteiger partial charge on any atom is -0.300 e. The number of halogens is 1. The molecule has 1 nitrogen and oxygen atoms in total. The van der Waals surface area contributed by atoms with Crippen molar-refractivity contribution in [2.75, 3.05) is 0 Å². The Labute approximate surface area is 54.3 Å². The topological polar surface area (TPSA) is 17.1 Å². The highest BCUT2D eigenvalue weighted by Gasteiger charge is 2.20. The minimum absolute atomic E-state index is 0.401. The highest BCUT2D eigenvalue weighted by Crippen LogP contribution is 2.30. The molecule has 0 N–H and O–H groups in total. The van der Waals surface area contributed by atoms with E-state index in [1.54, 1.807) is 0 Å². The third kappa shape index (κ3) is 1.77. The number of hydrogen-bond donors (Lipinski definition) is 0. The molecule has 0 bridgehead atoms. The molecule has 1 aliphatic carbocycles. The fraction of sp³-hybridized carbons (Fsp3) is 0.857. The molecule has 0 saturated heterocycles. The maximum atomic E-state index is 12.2. The molecule has 0 aromatic rings. The number of hydrogen-bond acceptors (Lipinski definition) is 1. The van der Waals surface area contributed by atoms with E-state index in [1.807, 2.05) is 0 Å². The molecule has 2 heteroatoms. The Kier molecular flexibility index (Phi) is 2.20. The number of carbonyl (C=O) groups is 1. The van der Waals surface area contributed by atoms with Gasteiger partial charge in [-0.05, 0) is 12.3 Å². The predicted molar refractivity (Wildman–Crippen MR) is 32.9 cm³/mol. The summed E-state index contributed by atoms with van der Waals surface area (Å²) in [4.78, 5) is 9.81. The Hall–Kier alpha value is -0.400. The molecule has 0 amide bonds. The van der Waals surface area contributed by atoms with Gasteiger partial charge in [0.25, 0.3) is 0 Å². The second kappa shape index (κ2) is 2.95. The van der Waals surface area contributed by atoms with E-state index in [9.17, 15) is 9.18 Å². The van der Waals surface area contributed by atoms with Gasteiger partial charge < -0.3 is 4.79 Å². The van der Waals surface area contributed by atoms with E-state index in [0.29, 0.717) is 18.6 Å². The first-order valence-electron chi connectivity index (χ1n) is 3.42. The minimum atomic E-state index is -1.20. The van der Waals surface area contributed by atoms with Gasteiger partial charge in [0, 0.05) is 0 Å². The Balaban J connectivity index is 2.08. The van der Waals surface area contributed by atoms with Crippen molar-refractivity contribution in [2.45, 2.75) is 31.9 Å². The Morgan fingerprint density at radius 2 is 2.33 bits per heavy atom. The van der Waals surface area contributed by atoms with Gasteiger partial charge in [-0.3, -0.25) is 0 Å². The van der Waals surface area contributed by atoms with Gasteiger partial charge in [0.15, 0.2) is 12.5 Å². The van der Waals surface area contributed by atoms with Crippen LogP contribution in [0.15, 0.2) is 0 Å². The van der Waals surface area contributed by atoms with Gasteiger partial charge in [-0.1, -0.05) is 19.3 Å². The van der Waals surface area contributed by atoms with Crippen LogP contribution >= 0.6 is 0 Å². The lowest BCUT2D eigenvalue weighted by Gasteiger charge is -2.24. The van der Waals surface area contributed by atoms with Crippen LogP contribution in [-0.4, -0.2) is 12.5 Å². The van der Waals surface area contributed by atoms with Crippen molar-refractivity contribution in [3.63, 3.8) is 0 Å². The summed E-state index contributed by atoms with van der Waals surface area (Å²) in [6.07, 6.45) is 3.12. The summed E-state index contributed by atoms with van der Waals surface area (Å²) in [5.74, 6) is 0.505. The lowest BCUT2D eigenvalue weighted by molar-refractivity contribution is -0.112. The summed E-state index contributed by atoms with van der Waals surface area (Å²) in [6.45, 7) is 0. The molecule has 0 aromatic carbocycles. The second-order valence-corrected chi connectivity index (χ2v) is 2.68. The molecule has 0 heterocycles. The summed E-state index contributed by atoms with van der Waals surface area (Å²) in [7, 11) is 0. The van der Waals surface area contributed by atoms with Crippen LogP contribution in [0.5, 0.6) is 0 Å². The molecule has 0 radical (unpaired) electrons. The number of aldehydes is 1. The molecule has 52 valence electrons. The van der Waals surface area contributed by atoms with Crippen LogP contribution in [0.2, 0.25) is 0 Å². The van der Waals surface area contributed by atoms with Crippen molar-refractivity contribution in [1.82, 2.24) is 0 Å². The molecule has 1 aliphatic rings. The molecule has 0 spiro atoms. The second-order valence-electron chi connectivity index (χ2n) is 2.68. The molecule has 9 heavy (non-hydrogen) atoms. The molecule has 0 aromatic heterocycles. The first kappa shape index (κ1) is 6.72.